The van der Waals surface area contributed by atoms with Crippen molar-refractivity contribution >= 4 is 51.2 Å². The van der Waals surface area contributed by atoms with E-state index < -0.39 is 4.92 Å². The highest BCUT2D eigenvalue weighted by Gasteiger charge is 2.14. The van der Waals surface area contributed by atoms with Crippen molar-refractivity contribution in [2.24, 2.45) is 0 Å². The minimum absolute atomic E-state index is 0.0258. The molecule has 9 nitrogen and oxygen atoms in total. The Kier molecular flexibility index (Phi) is 6.15. The van der Waals surface area contributed by atoms with E-state index in [0.29, 0.717) is 9.47 Å². The summed E-state index contributed by atoms with van der Waals surface area (Å²) in [6.45, 7) is 0. The van der Waals surface area contributed by atoms with Crippen LogP contribution in [0.25, 0.3) is 0 Å². The van der Waals surface area contributed by atoms with Crippen molar-refractivity contribution < 1.29 is 9.72 Å². The largest absolute Gasteiger partial charge is 0.330 e. The molecule has 2 N–H and O–H groups in total. The second-order valence-corrected chi connectivity index (χ2v) is 7.50. The molecule has 3 aromatic rings. The average Bonchev–Trinajstić information content (AvgIpc) is 3.14. The molecule has 11 heteroatoms. The number of para-hydroxylation sites is 1. The second-order valence-electron chi connectivity index (χ2n) is 5.30. The van der Waals surface area contributed by atoms with Crippen molar-refractivity contribution in [2.75, 3.05) is 16.4 Å². The third-order valence-corrected chi connectivity index (χ3v) is 5.34. The van der Waals surface area contributed by atoms with Crippen LogP contribution in [0.15, 0.2) is 52.9 Å². The molecule has 1 aromatic heterocycles. The fourth-order valence-electron chi connectivity index (χ4n) is 2.12. The number of non-ortho nitro benzene ring substituents is 1. The number of thioether (sulfide) groups is 1. The highest BCUT2D eigenvalue weighted by molar-refractivity contribution is 8.01. The van der Waals surface area contributed by atoms with Gasteiger partial charge in [0.25, 0.3) is 5.69 Å². The Bertz CT molecular complexity index is 1050. The number of aromatic nitrogens is 2. The molecule has 0 unspecified atom stereocenters. The van der Waals surface area contributed by atoms with Crippen LogP contribution in [0.1, 0.15) is 5.56 Å². The van der Waals surface area contributed by atoms with Crippen LogP contribution < -0.4 is 10.6 Å². The number of nitriles is 1. The molecule has 0 saturated carbocycles. The number of nitro benzene ring substituents is 1. The SMILES string of the molecule is N#Cc1cc([N+](=O)[O-])ccc1NC(=O)CSc1nnc(Nc2ccccc2)s1. The number of carbonyl (C=O) groups excluding carboxylic acids is 1. The van der Waals surface area contributed by atoms with E-state index in [1.54, 1.807) is 0 Å². The van der Waals surface area contributed by atoms with E-state index >= 15 is 0 Å². The maximum Gasteiger partial charge on any atom is 0.270 e. The first-order chi connectivity index (χ1) is 13.5. The number of carbonyl (C=O) groups is 1. The van der Waals surface area contributed by atoms with Crippen LogP contribution in [0.2, 0.25) is 0 Å². The lowest BCUT2D eigenvalue weighted by Crippen LogP contribution is -2.15. The lowest BCUT2D eigenvalue weighted by Gasteiger charge is -2.06. The van der Waals surface area contributed by atoms with E-state index in [1.165, 1.54) is 35.2 Å². The summed E-state index contributed by atoms with van der Waals surface area (Å²) >= 11 is 2.51. The van der Waals surface area contributed by atoms with Gasteiger partial charge < -0.3 is 10.6 Å². The number of hydrogen-bond donors (Lipinski definition) is 2. The molecule has 0 aliphatic carbocycles. The first kappa shape index (κ1) is 19.3. The molecule has 3 rings (SSSR count). The average molecular weight is 412 g/mol. The van der Waals surface area contributed by atoms with Gasteiger partial charge in [-0.2, -0.15) is 5.26 Å². The first-order valence-corrected chi connectivity index (χ1v) is 9.62. The Morgan fingerprint density at radius 3 is 2.75 bits per heavy atom. The molecule has 0 atom stereocenters. The van der Waals surface area contributed by atoms with Gasteiger partial charge in [0.2, 0.25) is 11.0 Å². The quantitative estimate of drug-likeness (QED) is 0.340. The summed E-state index contributed by atoms with van der Waals surface area (Å²) in [6.07, 6.45) is 0. The Morgan fingerprint density at radius 2 is 2.04 bits per heavy atom. The fraction of sp³-hybridized carbons (Fsp3) is 0.0588. The van der Waals surface area contributed by atoms with E-state index in [9.17, 15) is 14.9 Å². The minimum atomic E-state index is -0.598. The van der Waals surface area contributed by atoms with Gasteiger partial charge in [-0.05, 0) is 18.2 Å². The lowest BCUT2D eigenvalue weighted by molar-refractivity contribution is -0.384. The number of nitro groups is 1. The molecule has 0 saturated heterocycles. The van der Waals surface area contributed by atoms with Crippen molar-refractivity contribution in [3.63, 3.8) is 0 Å². The van der Waals surface area contributed by atoms with Crippen LogP contribution in [-0.2, 0) is 4.79 Å². The molecule has 1 amide bonds. The highest BCUT2D eigenvalue weighted by atomic mass is 32.2. The van der Waals surface area contributed by atoms with Gasteiger partial charge in [0.1, 0.15) is 6.07 Å². The number of anilines is 3. The van der Waals surface area contributed by atoms with E-state index in [2.05, 4.69) is 20.8 Å². The maximum atomic E-state index is 12.1. The van der Waals surface area contributed by atoms with Crippen LogP contribution in [0.5, 0.6) is 0 Å². The zero-order valence-electron chi connectivity index (χ0n) is 14.2. The number of amides is 1. The van der Waals surface area contributed by atoms with Gasteiger partial charge in [0.05, 0.1) is 21.9 Å². The molecule has 0 aliphatic heterocycles. The number of benzene rings is 2. The number of rotatable bonds is 7. The Morgan fingerprint density at radius 1 is 1.25 bits per heavy atom. The van der Waals surface area contributed by atoms with E-state index in [0.717, 1.165) is 11.8 Å². The molecule has 28 heavy (non-hydrogen) atoms. The molecular formula is C17H12N6O3S2. The molecule has 140 valence electrons. The molecule has 2 aromatic carbocycles. The van der Waals surface area contributed by atoms with Crippen molar-refractivity contribution in [1.82, 2.24) is 10.2 Å². The van der Waals surface area contributed by atoms with Gasteiger partial charge in [-0.1, -0.05) is 41.3 Å². The van der Waals surface area contributed by atoms with Crippen molar-refractivity contribution in [3.8, 4) is 6.07 Å². The topological polar surface area (TPSA) is 134 Å². The van der Waals surface area contributed by atoms with Gasteiger partial charge in [-0.3, -0.25) is 14.9 Å². The standard InChI is InChI=1S/C17H12N6O3S2/c18-9-11-8-13(23(25)26)6-7-14(11)20-15(24)10-27-17-22-21-16(28-17)19-12-4-2-1-3-5-12/h1-8H,10H2,(H,19,21)(H,20,24). The number of nitrogens with zero attached hydrogens (tertiary/aromatic N) is 4. The summed E-state index contributed by atoms with van der Waals surface area (Å²) in [6, 6.07) is 15.0. The zero-order chi connectivity index (χ0) is 19.9. The minimum Gasteiger partial charge on any atom is -0.330 e. The van der Waals surface area contributed by atoms with Gasteiger partial charge >= 0.3 is 0 Å². The third kappa shape index (κ3) is 5.03. The van der Waals surface area contributed by atoms with Crippen LogP contribution in [0, 0.1) is 21.4 Å². The molecule has 1 heterocycles. The van der Waals surface area contributed by atoms with E-state index in [-0.39, 0.29) is 28.6 Å². The number of nitrogens with one attached hydrogen (secondary N) is 2. The van der Waals surface area contributed by atoms with Gasteiger partial charge in [-0.15, -0.1) is 10.2 Å². The summed E-state index contributed by atoms with van der Waals surface area (Å²) in [5.74, 6) is -0.301. The predicted molar refractivity (Wildman–Crippen MR) is 107 cm³/mol. The summed E-state index contributed by atoms with van der Waals surface area (Å²) in [5, 5.41) is 34.2. The van der Waals surface area contributed by atoms with Gasteiger partial charge in [0.15, 0.2) is 4.34 Å². The van der Waals surface area contributed by atoms with Crippen LogP contribution in [0.4, 0.5) is 22.2 Å². The molecule has 0 spiro atoms. The Hall–Kier alpha value is -3.49. The predicted octanol–water partition coefficient (Wildman–Crippen LogP) is 3.79. The molecule has 0 bridgehead atoms. The van der Waals surface area contributed by atoms with Crippen molar-refractivity contribution in [2.45, 2.75) is 4.34 Å². The molecule has 0 fully saturated rings. The zero-order valence-corrected chi connectivity index (χ0v) is 15.8. The maximum absolute atomic E-state index is 12.1. The van der Waals surface area contributed by atoms with E-state index in [1.807, 2.05) is 36.4 Å². The third-order valence-electron chi connectivity index (χ3n) is 3.37. The monoisotopic (exact) mass is 412 g/mol. The molecular weight excluding hydrogens is 400 g/mol. The van der Waals surface area contributed by atoms with Gasteiger partial charge in [-0.25, -0.2) is 0 Å². The second kappa shape index (κ2) is 8.94. The summed E-state index contributed by atoms with van der Waals surface area (Å²) in [5.41, 5.74) is 0.923. The van der Waals surface area contributed by atoms with Crippen LogP contribution in [0.3, 0.4) is 0 Å². The summed E-state index contributed by atoms with van der Waals surface area (Å²) in [4.78, 5) is 22.3. The summed E-state index contributed by atoms with van der Waals surface area (Å²) < 4.78 is 0.609. The highest BCUT2D eigenvalue weighted by Crippen LogP contribution is 2.28. The Balaban J connectivity index is 1.56. The van der Waals surface area contributed by atoms with Crippen molar-refractivity contribution in [1.29, 1.82) is 5.26 Å². The van der Waals surface area contributed by atoms with Crippen molar-refractivity contribution in [3.05, 3.63) is 64.2 Å². The summed E-state index contributed by atoms with van der Waals surface area (Å²) in [7, 11) is 0. The number of hydrogen-bond acceptors (Lipinski definition) is 9. The molecule has 0 aliphatic rings. The van der Waals surface area contributed by atoms with Crippen LogP contribution >= 0.6 is 23.1 Å². The molecule has 0 radical (unpaired) electrons. The Labute approximate surface area is 167 Å². The normalized spacial score (nSPS) is 10.1. The fourth-order valence-corrected chi connectivity index (χ4v) is 3.70. The first-order valence-electron chi connectivity index (χ1n) is 7.82. The van der Waals surface area contributed by atoms with Crippen LogP contribution in [-0.4, -0.2) is 26.8 Å². The smallest absolute Gasteiger partial charge is 0.270 e. The van der Waals surface area contributed by atoms with E-state index in [4.69, 9.17) is 5.26 Å². The lowest BCUT2D eigenvalue weighted by atomic mass is 10.1. The van der Waals surface area contributed by atoms with Gasteiger partial charge in [0, 0.05) is 17.8 Å².